The number of hydrogen-bond donors (Lipinski definition) is 1. The molecule has 1 heterocycles. The molecule has 1 N–H and O–H groups in total. The minimum absolute atomic E-state index is 0.0311. The van der Waals surface area contributed by atoms with E-state index in [1.165, 1.54) is 6.92 Å². The van der Waals surface area contributed by atoms with Gasteiger partial charge >= 0.3 is 0 Å². The molecule has 1 aliphatic rings. The van der Waals surface area contributed by atoms with E-state index in [-0.39, 0.29) is 42.4 Å². The zero-order valence-corrected chi connectivity index (χ0v) is 20.4. The molecule has 0 aliphatic carbocycles. The molecule has 0 unspecified atom stereocenters. The van der Waals surface area contributed by atoms with E-state index in [2.05, 4.69) is 5.32 Å². The third-order valence-electron chi connectivity index (χ3n) is 6.05. The zero-order valence-electron chi connectivity index (χ0n) is 20.4. The van der Waals surface area contributed by atoms with Crippen molar-refractivity contribution >= 4 is 23.4 Å². The quantitative estimate of drug-likeness (QED) is 0.748. The normalized spacial score (nSPS) is 21.6. The maximum atomic E-state index is 13.4. The second kappa shape index (κ2) is 11.2. The van der Waals surface area contributed by atoms with Gasteiger partial charge in [-0.05, 0) is 31.2 Å². The first-order valence-corrected chi connectivity index (χ1v) is 11.4. The van der Waals surface area contributed by atoms with Gasteiger partial charge in [0.05, 0.1) is 17.7 Å². The molecule has 8 heteroatoms. The number of likely N-dealkylation sites (N-methyl/N-ethyl adjacent to an activating group) is 1. The fraction of sp³-hybridized carbons (Fsp3) is 0.423. The number of fused-ring (bicyclic) bond motifs is 1. The summed E-state index contributed by atoms with van der Waals surface area (Å²) in [6.45, 7) is 6.33. The average molecular weight is 468 g/mol. The summed E-state index contributed by atoms with van der Waals surface area (Å²) >= 11 is 0. The summed E-state index contributed by atoms with van der Waals surface area (Å²) in [6.07, 6.45) is -0.269. The van der Waals surface area contributed by atoms with E-state index in [0.717, 1.165) is 0 Å². The van der Waals surface area contributed by atoms with E-state index >= 15 is 0 Å². The molecular weight excluding hydrogens is 434 g/mol. The van der Waals surface area contributed by atoms with Gasteiger partial charge < -0.3 is 24.6 Å². The number of ether oxygens (including phenoxy) is 2. The van der Waals surface area contributed by atoms with Crippen LogP contribution < -0.4 is 10.1 Å². The third kappa shape index (κ3) is 5.94. The Balaban J connectivity index is 2.00. The van der Waals surface area contributed by atoms with Crippen LogP contribution in [0.2, 0.25) is 0 Å². The summed E-state index contributed by atoms with van der Waals surface area (Å²) in [5.74, 6) is -0.196. The van der Waals surface area contributed by atoms with Gasteiger partial charge in [-0.1, -0.05) is 25.1 Å². The molecule has 2 aromatic carbocycles. The van der Waals surface area contributed by atoms with Gasteiger partial charge in [-0.2, -0.15) is 0 Å². The maximum Gasteiger partial charge on any atom is 0.257 e. The van der Waals surface area contributed by atoms with Crippen LogP contribution in [0.5, 0.6) is 5.75 Å². The SMILES string of the molecule is CO[C@@H]1CN(C)C(=O)c2ccc(NC(C)=O)cc2OC[C@H](C)N(C(=O)c2ccccc2)C[C@@H]1C. The molecule has 0 saturated carbocycles. The van der Waals surface area contributed by atoms with Crippen molar-refractivity contribution in [1.29, 1.82) is 0 Å². The van der Waals surface area contributed by atoms with E-state index in [4.69, 9.17) is 9.47 Å². The lowest BCUT2D eigenvalue weighted by Crippen LogP contribution is -2.48. The molecule has 8 nitrogen and oxygen atoms in total. The highest BCUT2D eigenvalue weighted by Crippen LogP contribution is 2.27. The molecule has 34 heavy (non-hydrogen) atoms. The van der Waals surface area contributed by atoms with Crippen molar-refractivity contribution in [2.45, 2.75) is 32.9 Å². The number of nitrogens with zero attached hydrogens (tertiary/aromatic N) is 2. The molecule has 1 aliphatic heterocycles. The van der Waals surface area contributed by atoms with Crippen LogP contribution in [-0.2, 0) is 9.53 Å². The van der Waals surface area contributed by atoms with Crippen molar-refractivity contribution in [2.24, 2.45) is 5.92 Å². The Labute approximate surface area is 200 Å². The molecule has 0 fully saturated rings. The lowest BCUT2D eigenvalue weighted by atomic mass is 10.0. The number of anilines is 1. The van der Waals surface area contributed by atoms with Gasteiger partial charge in [0, 0.05) is 57.4 Å². The lowest BCUT2D eigenvalue weighted by Gasteiger charge is -2.36. The molecule has 182 valence electrons. The van der Waals surface area contributed by atoms with Crippen molar-refractivity contribution in [3.8, 4) is 5.75 Å². The van der Waals surface area contributed by atoms with Gasteiger partial charge in [0.25, 0.3) is 11.8 Å². The minimum Gasteiger partial charge on any atom is -0.491 e. The number of amides is 3. The molecule has 3 atom stereocenters. The molecule has 3 amide bonds. The lowest BCUT2D eigenvalue weighted by molar-refractivity contribution is -0.114. The highest BCUT2D eigenvalue weighted by molar-refractivity contribution is 5.98. The Morgan fingerprint density at radius 2 is 1.79 bits per heavy atom. The molecule has 2 aromatic rings. The van der Waals surface area contributed by atoms with Crippen molar-refractivity contribution in [3.05, 3.63) is 59.7 Å². The number of carbonyl (C=O) groups excluding carboxylic acids is 3. The van der Waals surface area contributed by atoms with Gasteiger partial charge in [-0.3, -0.25) is 14.4 Å². The van der Waals surface area contributed by atoms with Crippen molar-refractivity contribution < 1.29 is 23.9 Å². The van der Waals surface area contributed by atoms with Gasteiger partial charge in [-0.25, -0.2) is 0 Å². The summed E-state index contributed by atoms with van der Waals surface area (Å²) in [5, 5.41) is 2.72. The summed E-state index contributed by atoms with van der Waals surface area (Å²) in [5.41, 5.74) is 1.51. The Morgan fingerprint density at radius 1 is 1.09 bits per heavy atom. The smallest absolute Gasteiger partial charge is 0.257 e. The zero-order chi connectivity index (χ0) is 24.8. The summed E-state index contributed by atoms with van der Waals surface area (Å²) in [4.78, 5) is 41.6. The van der Waals surface area contributed by atoms with Crippen LogP contribution in [0.15, 0.2) is 48.5 Å². The first kappa shape index (κ1) is 25.2. The Bertz CT molecular complexity index is 1030. The van der Waals surface area contributed by atoms with Crippen LogP contribution in [0, 0.1) is 5.92 Å². The van der Waals surface area contributed by atoms with Crippen molar-refractivity contribution in [1.82, 2.24) is 9.80 Å². The Kier molecular flexibility index (Phi) is 8.28. The second-order valence-corrected chi connectivity index (χ2v) is 8.81. The largest absolute Gasteiger partial charge is 0.491 e. The van der Waals surface area contributed by atoms with E-state index in [1.807, 2.05) is 32.0 Å². The molecule has 3 rings (SSSR count). The van der Waals surface area contributed by atoms with E-state index in [0.29, 0.717) is 35.7 Å². The summed E-state index contributed by atoms with van der Waals surface area (Å²) < 4.78 is 11.8. The Hall–Kier alpha value is -3.39. The number of hydrogen-bond acceptors (Lipinski definition) is 5. The number of nitrogens with one attached hydrogen (secondary N) is 1. The van der Waals surface area contributed by atoms with Gasteiger partial charge in [0.15, 0.2) is 0 Å². The minimum atomic E-state index is -0.280. The van der Waals surface area contributed by atoms with E-state index in [1.54, 1.807) is 54.3 Å². The number of carbonyl (C=O) groups is 3. The van der Waals surface area contributed by atoms with Crippen LogP contribution in [0.3, 0.4) is 0 Å². The van der Waals surface area contributed by atoms with Gasteiger partial charge in [0.2, 0.25) is 5.91 Å². The van der Waals surface area contributed by atoms with Gasteiger partial charge in [0.1, 0.15) is 12.4 Å². The summed E-state index contributed by atoms with van der Waals surface area (Å²) in [7, 11) is 3.34. The molecular formula is C26H33N3O5. The Morgan fingerprint density at radius 3 is 2.44 bits per heavy atom. The highest BCUT2D eigenvalue weighted by Gasteiger charge is 2.30. The van der Waals surface area contributed by atoms with Crippen molar-refractivity contribution in [2.75, 3.05) is 39.2 Å². The maximum absolute atomic E-state index is 13.4. The standard InChI is InChI=1S/C26H33N3O5/c1-17-14-29(25(31)20-9-7-6-8-10-20)18(2)16-34-23-13-21(27-19(3)30)11-12-22(23)26(32)28(4)15-24(17)33-5/h6-13,17-18,24H,14-16H2,1-5H3,(H,27,30)/t17-,18-,24+/m0/s1. The fourth-order valence-corrected chi connectivity index (χ4v) is 4.08. The third-order valence-corrected chi connectivity index (χ3v) is 6.05. The van der Waals surface area contributed by atoms with Crippen LogP contribution >= 0.6 is 0 Å². The topological polar surface area (TPSA) is 88.2 Å². The fourth-order valence-electron chi connectivity index (χ4n) is 4.08. The number of benzene rings is 2. The predicted octanol–water partition coefficient (Wildman–Crippen LogP) is 3.29. The molecule has 0 spiro atoms. The number of methoxy groups -OCH3 is 1. The number of rotatable bonds is 3. The molecule has 0 aromatic heterocycles. The molecule has 0 saturated heterocycles. The monoisotopic (exact) mass is 467 g/mol. The first-order valence-electron chi connectivity index (χ1n) is 11.4. The highest BCUT2D eigenvalue weighted by atomic mass is 16.5. The molecule has 0 bridgehead atoms. The van der Waals surface area contributed by atoms with E-state index < -0.39 is 0 Å². The predicted molar refractivity (Wildman–Crippen MR) is 130 cm³/mol. The summed E-state index contributed by atoms with van der Waals surface area (Å²) in [6, 6.07) is 13.8. The van der Waals surface area contributed by atoms with Crippen LogP contribution in [-0.4, -0.2) is 73.5 Å². The van der Waals surface area contributed by atoms with E-state index in [9.17, 15) is 14.4 Å². The molecule has 0 radical (unpaired) electrons. The van der Waals surface area contributed by atoms with Crippen molar-refractivity contribution in [3.63, 3.8) is 0 Å². The second-order valence-electron chi connectivity index (χ2n) is 8.81. The van der Waals surface area contributed by atoms with Gasteiger partial charge in [-0.15, -0.1) is 0 Å². The van der Waals surface area contributed by atoms with Crippen LogP contribution in [0.1, 0.15) is 41.5 Å². The van der Waals surface area contributed by atoms with Crippen LogP contribution in [0.4, 0.5) is 5.69 Å². The van der Waals surface area contributed by atoms with Crippen LogP contribution in [0.25, 0.3) is 0 Å². The average Bonchev–Trinajstić information content (AvgIpc) is 2.82. The first-order chi connectivity index (χ1) is 16.2.